The van der Waals surface area contributed by atoms with Gasteiger partial charge < -0.3 is 15.8 Å². The lowest BCUT2D eigenvalue weighted by atomic mass is 10.3. The number of hydrogen-bond donors (Lipinski definition) is 2. The Kier molecular flexibility index (Phi) is 4.28. The fraction of sp³-hybridized carbons (Fsp3) is 0.357. The van der Waals surface area contributed by atoms with E-state index < -0.39 is 0 Å². The van der Waals surface area contributed by atoms with Gasteiger partial charge in [0.05, 0.1) is 12.8 Å². The molecule has 102 valence electrons. The Bertz CT molecular complexity index is 519. The summed E-state index contributed by atoms with van der Waals surface area (Å²) in [7, 11) is 1.65. The quantitative estimate of drug-likeness (QED) is 0.784. The maximum absolute atomic E-state index is 5.98. The first-order valence-corrected chi connectivity index (χ1v) is 6.48. The monoisotopic (exact) mass is 260 g/mol. The molecular formula is C14H20N4O. The normalized spacial score (nSPS) is 10.4. The zero-order valence-corrected chi connectivity index (χ0v) is 11.4. The van der Waals surface area contributed by atoms with Crippen LogP contribution in [-0.4, -0.2) is 23.4 Å². The number of nitrogen functional groups attached to an aromatic ring is 1. The standard InChI is InChI=1S/C14H20N4O/c1-3-4-9-16-14-10-13(15)18(17-14)11-5-7-12(19-2)8-6-11/h5-8,10H,3-4,9,15H2,1-2H3,(H,16,17). The first-order chi connectivity index (χ1) is 9.24. The third-order valence-electron chi connectivity index (χ3n) is 2.89. The molecule has 0 fully saturated rings. The van der Waals surface area contributed by atoms with E-state index in [1.165, 1.54) is 0 Å². The molecule has 5 nitrogen and oxygen atoms in total. The minimum absolute atomic E-state index is 0.615. The van der Waals surface area contributed by atoms with E-state index in [1.54, 1.807) is 11.8 Å². The fourth-order valence-electron chi connectivity index (χ4n) is 1.81. The third-order valence-corrected chi connectivity index (χ3v) is 2.89. The van der Waals surface area contributed by atoms with Crippen LogP contribution < -0.4 is 15.8 Å². The molecule has 0 saturated heterocycles. The maximum atomic E-state index is 5.98. The van der Waals surface area contributed by atoms with Crippen LogP contribution in [-0.2, 0) is 0 Å². The number of nitrogens with two attached hydrogens (primary N) is 1. The Labute approximate surface area is 113 Å². The number of hydrogen-bond acceptors (Lipinski definition) is 4. The Morgan fingerprint density at radius 1 is 1.32 bits per heavy atom. The minimum Gasteiger partial charge on any atom is -0.497 e. The molecule has 1 aromatic carbocycles. The molecule has 2 aromatic rings. The molecule has 0 radical (unpaired) electrons. The van der Waals surface area contributed by atoms with Crippen LogP contribution in [0.25, 0.3) is 5.69 Å². The van der Waals surface area contributed by atoms with Crippen molar-refractivity contribution in [2.75, 3.05) is 24.7 Å². The summed E-state index contributed by atoms with van der Waals surface area (Å²) in [4.78, 5) is 0. The summed E-state index contributed by atoms with van der Waals surface area (Å²) in [6, 6.07) is 9.48. The molecule has 19 heavy (non-hydrogen) atoms. The highest BCUT2D eigenvalue weighted by molar-refractivity contribution is 5.51. The van der Waals surface area contributed by atoms with Crippen molar-refractivity contribution in [1.29, 1.82) is 0 Å². The van der Waals surface area contributed by atoms with E-state index in [2.05, 4.69) is 17.3 Å². The molecule has 2 rings (SSSR count). The minimum atomic E-state index is 0.615. The Balaban J connectivity index is 2.14. The molecule has 0 amide bonds. The molecule has 3 N–H and O–H groups in total. The van der Waals surface area contributed by atoms with Gasteiger partial charge >= 0.3 is 0 Å². The largest absolute Gasteiger partial charge is 0.497 e. The predicted molar refractivity (Wildman–Crippen MR) is 77.9 cm³/mol. The number of methoxy groups -OCH3 is 1. The zero-order chi connectivity index (χ0) is 13.7. The second-order valence-corrected chi connectivity index (χ2v) is 4.34. The molecule has 0 spiro atoms. The molecular weight excluding hydrogens is 240 g/mol. The van der Waals surface area contributed by atoms with E-state index in [-0.39, 0.29) is 0 Å². The van der Waals surface area contributed by atoms with Gasteiger partial charge in [-0.05, 0) is 30.7 Å². The first kappa shape index (κ1) is 13.3. The van der Waals surface area contributed by atoms with Crippen LogP contribution in [0.3, 0.4) is 0 Å². The SMILES string of the molecule is CCCCNc1cc(N)n(-c2ccc(OC)cc2)n1. The number of nitrogens with one attached hydrogen (secondary N) is 1. The van der Waals surface area contributed by atoms with Crippen molar-refractivity contribution in [1.82, 2.24) is 9.78 Å². The van der Waals surface area contributed by atoms with E-state index >= 15 is 0 Å². The van der Waals surface area contributed by atoms with Crippen LogP contribution in [0.2, 0.25) is 0 Å². The molecule has 0 bridgehead atoms. The lowest BCUT2D eigenvalue weighted by Gasteiger charge is -2.05. The highest BCUT2D eigenvalue weighted by atomic mass is 16.5. The van der Waals surface area contributed by atoms with Crippen molar-refractivity contribution < 1.29 is 4.74 Å². The smallest absolute Gasteiger partial charge is 0.150 e. The molecule has 0 unspecified atom stereocenters. The lowest BCUT2D eigenvalue weighted by Crippen LogP contribution is -2.04. The predicted octanol–water partition coefficient (Wildman–Crippen LogP) is 2.68. The Morgan fingerprint density at radius 2 is 2.05 bits per heavy atom. The van der Waals surface area contributed by atoms with Crippen molar-refractivity contribution in [3.63, 3.8) is 0 Å². The molecule has 0 saturated carbocycles. The number of aromatic nitrogens is 2. The van der Waals surface area contributed by atoms with Gasteiger partial charge in [-0.15, -0.1) is 5.10 Å². The Morgan fingerprint density at radius 3 is 2.68 bits per heavy atom. The summed E-state index contributed by atoms with van der Waals surface area (Å²) in [5.74, 6) is 2.24. The van der Waals surface area contributed by atoms with Crippen molar-refractivity contribution in [3.8, 4) is 11.4 Å². The molecule has 1 aromatic heterocycles. The summed E-state index contributed by atoms with van der Waals surface area (Å²) in [5, 5.41) is 7.71. The number of ether oxygens (including phenoxy) is 1. The van der Waals surface area contributed by atoms with E-state index in [0.29, 0.717) is 5.82 Å². The van der Waals surface area contributed by atoms with Gasteiger partial charge in [-0.2, -0.15) is 0 Å². The van der Waals surface area contributed by atoms with E-state index in [1.807, 2.05) is 30.3 Å². The summed E-state index contributed by atoms with van der Waals surface area (Å²) in [5.41, 5.74) is 6.90. The van der Waals surface area contributed by atoms with E-state index in [9.17, 15) is 0 Å². The van der Waals surface area contributed by atoms with Crippen molar-refractivity contribution in [2.24, 2.45) is 0 Å². The van der Waals surface area contributed by atoms with Gasteiger partial charge in [-0.3, -0.25) is 0 Å². The first-order valence-electron chi connectivity index (χ1n) is 6.48. The van der Waals surface area contributed by atoms with Gasteiger partial charge in [0.2, 0.25) is 0 Å². The van der Waals surface area contributed by atoms with Crippen LogP contribution in [0.4, 0.5) is 11.6 Å². The Hall–Kier alpha value is -2.17. The van der Waals surface area contributed by atoms with Crippen molar-refractivity contribution >= 4 is 11.6 Å². The lowest BCUT2D eigenvalue weighted by molar-refractivity contribution is 0.414. The number of benzene rings is 1. The number of nitrogens with zero attached hydrogens (tertiary/aromatic N) is 2. The van der Waals surface area contributed by atoms with Crippen LogP contribution in [0.15, 0.2) is 30.3 Å². The van der Waals surface area contributed by atoms with Gasteiger partial charge in [-0.25, -0.2) is 4.68 Å². The van der Waals surface area contributed by atoms with E-state index in [4.69, 9.17) is 10.5 Å². The average Bonchev–Trinajstić information content (AvgIpc) is 2.80. The van der Waals surface area contributed by atoms with E-state index in [0.717, 1.165) is 36.6 Å². The molecule has 5 heteroatoms. The van der Waals surface area contributed by atoms with Gasteiger partial charge in [0.1, 0.15) is 11.6 Å². The summed E-state index contributed by atoms with van der Waals surface area (Å²) in [6.45, 7) is 3.07. The molecule has 1 heterocycles. The fourth-order valence-corrected chi connectivity index (χ4v) is 1.81. The second kappa shape index (κ2) is 6.13. The second-order valence-electron chi connectivity index (χ2n) is 4.34. The molecule has 0 aliphatic rings. The van der Waals surface area contributed by atoms with Crippen LogP contribution in [0.5, 0.6) is 5.75 Å². The highest BCUT2D eigenvalue weighted by Crippen LogP contribution is 2.19. The molecule has 0 aliphatic heterocycles. The number of anilines is 2. The van der Waals surface area contributed by atoms with Gasteiger partial charge in [0, 0.05) is 12.6 Å². The van der Waals surface area contributed by atoms with Gasteiger partial charge in [0.15, 0.2) is 5.82 Å². The van der Waals surface area contributed by atoms with Gasteiger partial charge in [-0.1, -0.05) is 13.3 Å². The summed E-state index contributed by atoms with van der Waals surface area (Å²) >= 11 is 0. The maximum Gasteiger partial charge on any atom is 0.150 e. The highest BCUT2D eigenvalue weighted by Gasteiger charge is 2.06. The van der Waals surface area contributed by atoms with Crippen LogP contribution in [0.1, 0.15) is 19.8 Å². The third kappa shape index (κ3) is 3.19. The zero-order valence-electron chi connectivity index (χ0n) is 11.4. The van der Waals surface area contributed by atoms with Crippen molar-refractivity contribution in [3.05, 3.63) is 30.3 Å². The topological polar surface area (TPSA) is 65.1 Å². The number of unbranched alkanes of at least 4 members (excludes halogenated alkanes) is 1. The van der Waals surface area contributed by atoms with Gasteiger partial charge in [0.25, 0.3) is 0 Å². The molecule has 0 atom stereocenters. The summed E-state index contributed by atoms with van der Waals surface area (Å²) in [6.07, 6.45) is 2.27. The number of rotatable bonds is 6. The summed E-state index contributed by atoms with van der Waals surface area (Å²) < 4.78 is 6.85. The van der Waals surface area contributed by atoms with Crippen LogP contribution in [0, 0.1) is 0 Å². The van der Waals surface area contributed by atoms with Crippen LogP contribution >= 0.6 is 0 Å². The average molecular weight is 260 g/mol. The van der Waals surface area contributed by atoms with Crippen molar-refractivity contribution in [2.45, 2.75) is 19.8 Å². The molecule has 0 aliphatic carbocycles.